The molecule has 0 heterocycles. The van der Waals surface area contributed by atoms with Gasteiger partial charge in [0.25, 0.3) is 5.91 Å². The van der Waals surface area contributed by atoms with Crippen LogP contribution < -0.4 is 5.32 Å². The Labute approximate surface area is 89.4 Å². The van der Waals surface area contributed by atoms with Crippen molar-refractivity contribution in [3.8, 4) is 0 Å². The summed E-state index contributed by atoms with van der Waals surface area (Å²) in [5.74, 6) is -0.399. The molecule has 3 heteroatoms. The Kier molecular flexibility index (Phi) is 4.06. The molecular weight excluding hydrogens is 190 g/mol. The molecule has 80 valence electrons. The second-order valence-electron chi connectivity index (χ2n) is 3.53. The van der Waals surface area contributed by atoms with E-state index in [2.05, 4.69) is 11.9 Å². The maximum atomic E-state index is 11.4. The molecule has 0 saturated heterocycles. The van der Waals surface area contributed by atoms with Crippen molar-refractivity contribution in [1.82, 2.24) is 0 Å². The lowest BCUT2D eigenvalue weighted by atomic mass is 10.1. The summed E-state index contributed by atoms with van der Waals surface area (Å²) in [6, 6.07) is 9.04. The number of hydrogen-bond acceptors (Lipinski definition) is 2. The van der Waals surface area contributed by atoms with Gasteiger partial charge in [0.2, 0.25) is 0 Å². The lowest BCUT2D eigenvalue weighted by Crippen LogP contribution is -2.27. The number of carbonyl (C=O) groups is 1. The van der Waals surface area contributed by atoms with Crippen LogP contribution in [-0.2, 0) is 4.79 Å². The number of nitrogens with one attached hydrogen (secondary N) is 1. The molecule has 15 heavy (non-hydrogen) atoms. The number of amides is 1. The van der Waals surface area contributed by atoms with Gasteiger partial charge in [-0.15, -0.1) is 6.58 Å². The smallest absolute Gasteiger partial charge is 0.253 e. The van der Waals surface area contributed by atoms with Crippen molar-refractivity contribution in [2.45, 2.75) is 19.4 Å². The van der Waals surface area contributed by atoms with Crippen LogP contribution >= 0.6 is 0 Å². The van der Waals surface area contributed by atoms with Crippen molar-refractivity contribution in [1.29, 1.82) is 0 Å². The zero-order chi connectivity index (χ0) is 11.3. The van der Waals surface area contributed by atoms with E-state index in [1.807, 2.05) is 18.2 Å². The summed E-state index contributed by atoms with van der Waals surface area (Å²) >= 11 is 0. The van der Waals surface area contributed by atoms with Crippen LogP contribution in [0.2, 0.25) is 0 Å². The number of aliphatic hydroxyl groups is 1. The van der Waals surface area contributed by atoms with Crippen LogP contribution in [0.5, 0.6) is 0 Å². The van der Waals surface area contributed by atoms with E-state index in [-0.39, 0.29) is 0 Å². The van der Waals surface area contributed by atoms with Crippen molar-refractivity contribution in [2.75, 3.05) is 5.32 Å². The van der Waals surface area contributed by atoms with Gasteiger partial charge in [-0.1, -0.05) is 23.8 Å². The van der Waals surface area contributed by atoms with Crippen LogP contribution in [0.1, 0.15) is 13.3 Å². The second kappa shape index (κ2) is 5.32. The average Bonchev–Trinajstić information content (AvgIpc) is 2.18. The van der Waals surface area contributed by atoms with Crippen LogP contribution in [0.25, 0.3) is 0 Å². The summed E-state index contributed by atoms with van der Waals surface area (Å²) in [5, 5.41) is 12.1. The van der Waals surface area contributed by atoms with Crippen LogP contribution in [0.4, 0.5) is 5.69 Å². The Bertz CT molecular complexity index is 346. The number of aliphatic hydroxyl groups excluding tert-OH is 1. The molecular formula is C12H15NO2. The molecule has 0 bridgehead atoms. The molecule has 2 N–H and O–H groups in total. The number of benzene rings is 1. The van der Waals surface area contributed by atoms with Gasteiger partial charge < -0.3 is 10.4 Å². The van der Waals surface area contributed by atoms with E-state index in [4.69, 9.17) is 0 Å². The lowest BCUT2D eigenvalue weighted by molar-refractivity contribution is -0.123. The van der Waals surface area contributed by atoms with Crippen molar-refractivity contribution < 1.29 is 9.90 Å². The highest BCUT2D eigenvalue weighted by atomic mass is 16.3. The molecule has 0 aliphatic rings. The first kappa shape index (κ1) is 11.5. The third-order valence-electron chi connectivity index (χ3n) is 1.89. The fourth-order valence-corrected chi connectivity index (χ4v) is 1.17. The molecule has 1 rings (SSSR count). The summed E-state index contributed by atoms with van der Waals surface area (Å²) < 4.78 is 0. The van der Waals surface area contributed by atoms with E-state index in [1.54, 1.807) is 19.1 Å². The first-order chi connectivity index (χ1) is 7.09. The number of rotatable bonds is 4. The van der Waals surface area contributed by atoms with Gasteiger partial charge in [0.15, 0.2) is 0 Å². The quantitative estimate of drug-likeness (QED) is 0.738. The highest BCUT2D eigenvalue weighted by Gasteiger charge is 2.14. The van der Waals surface area contributed by atoms with Crippen LogP contribution in [0, 0.1) is 0 Å². The van der Waals surface area contributed by atoms with Crippen molar-refractivity contribution in [2.24, 2.45) is 0 Å². The molecule has 1 amide bonds. The van der Waals surface area contributed by atoms with E-state index in [9.17, 15) is 9.90 Å². The zero-order valence-corrected chi connectivity index (χ0v) is 8.73. The van der Waals surface area contributed by atoms with Gasteiger partial charge in [-0.3, -0.25) is 4.79 Å². The minimum Gasteiger partial charge on any atom is -0.383 e. The van der Waals surface area contributed by atoms with Crippen molar-refractivity contribution in [3.63, 3.8) is 0 Å². The van der Waals surface area contributed by atoms with Crippen LogP contribution in [-0.4, -0.2) is 17.1 Å². The van der Waals surface area contributed by atoms with Gasteiger partial charge in [-0.2, -0.15) is 0 Å². The van der Waals surface area contributed by atoms with Gasteiger partial charge in [0.05, 0.1) is 0 Å². The van der Waals surface area contributed by atoms with Gasteiger partial charge in [0, 0.05) is 12.1 Å². The molecule has 1 atom stereocenters. The standard InChI is InChI=1S/C12H15NO2/c1-9(2)8-11(14)12(15)13-10-6-4-3-5-7-10/h3-7,11,14H,1,8H2,2H3,(H,13,15). The molecule has 0 aromatic heterocycles. The first-order valence-electron chi connectivity index (χ1n) is 4.78. The summed E-state index contributed by atoms with van der Waals surface area (Å²) in [6.07, 6.45) is -0.735. The fraction of sp³-hybridized carbons (Fsp3) is 0.250. The summed E-state index contributed by atoms with van der Waals surface area (Å²) in [7, 11) is 0. The molecule has 0 radical (unpaired) electrons. The highest BCUT2D eigenvalue weighted by molar-refractivity contribution is 5.94. The largest absolute Gasteiger partial charge is 0.383 e. The van der Waals surface area contributed by atoms with Gasteiger partial charge in [-0.05, 0) is 19.1 Å². The molecule has 1 aromatic carbocycles. The lowest BCUT2D eigenvalue weighted by Gasteiger charge is -2.10. The van der Waals surface area contributed by atoms with E-state index in [1.165, 1.54) is 0 Å². The maximum Gasteiger partial charge on any atom is 0.253 e. The molecule has 3 nitrogen and oxygen atoms in total. The summed E-state index contributed by atoms with van der Waals surface area (Å²) in [6.45, 7) is 5.42. The predicted molar refractivity (Wildman–Crippen MR) is 60.5 cm³/mol. The normalized spacial score (nSPS) is 11.9. The minimum absolute atomic E-state index is 0.290. The Balaban J connectivity index is 2.52. The van der Waals surface area contributed by atoms with Gasteiger partial charge in [0.1, 0.15) is 6.10 Å². The van der Waals surface area contributed by atoms with Gasteiger partial charge in [-0.25, -0.2) is 0 Å². The number of hydrogen-bond donors (Lipinski definition) is 2. The second-order valence-corrected chi connectivity index (χ2v) is 3.53. The van der Waals surface area contributed by atoms with Crippen LogP contribution in [0.15, 0.2) is 42.5 Å². The summed E-state index contributed by atoms with van der Waals surface area (Å²) in [5.41, 5.74) is 1.47. The molecule has 0 aliphatic carbocycles. The Hall–Kier alpha value is -1.61. The maximum absolute atomic E-state index is 11.4. The Morgan fingerprint density at radius 2 is 2.07 bits per heavy atom. The number of carbonyl (C=O) groups excluding carboxylic acids is 1. The van der Waals surface area contributed by atoms with Gasteiger partial charge >= 0.3 is 0 Å². The monoisotopic (exact) mass is 205 g/mol. The SMILES string of the molecule is C=C(C)CC(O)C(=O)Nc1ccccc1. The summed E-state index contributed by atoms with van der Waals surface area (Å²) in [4.78, 5) is 11.4. The predicted octanol–water partition coefficient (Wildman–Crippen LogP) is 1.95. The number of anilines is 1. The molecule has 0 aliphatic heterocycles. The van der Waals surface area contributed by atoms with E-state index >= 15 is 0 Å². The Morgan fingerprint density at radius 3 is 2.60 bits per heavy atom. The fourth-order valence-electron chi connectivity index (χ4n) is 1.17. The van der Waals surface area contributed by atoms with Crippen molar-refractivity contribution in [3.05, 3.63) is 42.5 Å². The number of para-hydroxylation sites is 1. The molecule has 0 spiro atoms. The third-order valence-corrected chi connectivity index (χ3v) is 1.89. The van der Waals surface area contributed by atoms with E-state index in [0.29, 0.717) is 12.1 Å². The zero-order valence-electron chi connectivity index (χ0n) is 8.73. The first-order valence-corrected chi connectivity index (χ1v) is 4.78. The van der Waals surface area contributed by atoms with E-state index < -0.39 is 12.0 Å². The molecule has 0 fully saturated rings. The van der Waals surface area contributed by atoms with Crippen LogP contribution in [0.3, 0.4) is 0 Å². The Morgan fingerprint density at radius 1 is 1.47 bits per heavy atom. The third kappa shape index (κ3) is 3.95. The topological polar surface area (TPSA) is 49.3 Å². The minimum atomic E-state index is -1.03. The van der Waals surface area contributed by atoms with Crippen molar-refractivity contribution >= 4 is 11.6 Å². The van der Waals surface area contributed by atoms with E-state index in [0.717, 1.165) is 5.57 Å². The molecule has 0 saturated carbocycles. The average molecular weight is 205 g/mol. The molecule has 1 unspecified atom stereocenters. The highest BCUT2D eigenvalue weighted by Crippen LogP contribution is 2.08. The molecule has 1 aromatic rings.